The van der Waals surface area contributed by atoms with Crippen molar-refractivity contribution in [3.05, 3.63) is 88.7 Å². The molecule has 2 aromatic carbocycles. The summed E-state index contributed by atoms with van der Waals surface area (Å²) in [7, 11) is 0. The topological polar surface area (TPSA) is 47.4 Å². The number of nitrogens with zero attached hydrogens (tertiary/aromatic N) is 3. The molecule has 0 radical (unpaired) electrons. The highest BCUT2D eigenvalue weighted by molar-refractivity contribution is 6.30. The lowest BCUT2D eigenvalue weighted by molar-refractivity contribution is -0.0228. The molecule has 27 heavy (non-hydrogen) atoms. The summed E-state index contributed by atoms with van der Waals surface area (Å²) in [6.07, 6.45) is 3.53. The number of hydrogen-bond donors (Lipinski definition) is 0. The van der Waals surface area contributed by atoms with Crippen LogP contribution in [0, 0.1) is 0 Å². The van der Waals surface area contributed by atoms with E-state index in [1.807, 2.05) is 70.4 Å². The van der Waals surface area contributed by atoms with E-state index in [9.17, 15) is 4.79 Å². The molecule has 0 bridgehead atoms. The Morgan fingerprint density at radius 3 is 2.81 bits per heavy atom. The first-order valence-corrected chi connectivity index (χ1v) is 9.29. The van der Waals surface area contributed by atoms with Crippen LogP contribution in [-0.4, -0.2) is 40.3 Å². The highest BCUT2D eigenvalue weighted by Crippen LogP contribution is 2.24. The van der Waals surface area contributed by atoms with Crippen molar-refractivity contribution in [1.29, 1.82) is 0 Å². The molecule has 1 amide bonds. The second-order valence-electron chi connectivity index (χ2n) is 6.57. The molecule has 1 aliphatic heterocycles. The summed E-state index contributed by atoms with van der Waals surface area (Å²) in [5.41, 5.74) is 2.77. The Hall–Kier alpha value is -2.63. The fourth-order valence-electron chi connectivity index (χ4n) is 3.28. The molecule has 0 spiro atoms. The lowest BCUT2D eigenvalue weighted by Crippen LogP contribution is -2.42. The van der Waals surface area contributed by atoms with Crippen LogP contribution < -0.4 is 0 Å². The summed E-state index contributed by atoms with van der Waals surface area (Å²) in [5, 5.41) is 4.91. The number of carbonyl (C=O) groups is 1. The van der Waals surface area contributed by atoms with Crippen molar-refractivity contribution >= 4 is 17.5 Å². The molecule has 1 aliphatic rings. The lowest BCUT2D eigenvalue weighted by Gasteiger charge is -2.33. The number of amides is 1. The molecule has 1 atom stereocenters. The summed E-state index contributed by atoms with van der Waals surface area (Å²) in [6.45, 7) is 2.28. The van der Waals surface area contributed by atoms with Crippen molar-refractivity contribution in [3.8, 4) is 0 Å². The molecule has 0 N–H and O–H groups in total. The Morgan fingerprint density at radius 2 is 2.04 bits per heavy atom. The minimum absolute atomic E-state index is 0.0274. The molecular formula is C21H20ClN3O2. The maximum atomic E-state index is 13.0. The van der Waals surface area contributed by atoms with Gasteiger partial charge in [-0.25, -0.2) is 0 Å². The molecule has 0 saturated carbocycles. The first-order chi connectivity index (χ1) is 13.2. The molecule has 3 aromatic rings. The molecule has 1 saturated heterocycles. The van der Waals surface area contributed by atoms with E-state index in [2.05, 4.69) is 5.10 Å². The molecule has 0 aliphatic carbocycles. The first-order valence-electron chi connectivity index (χ1n) is 8.92. The number of rotatable bonds is 4. The van der Waals surface area contributed by atoms with E-state index in [0.29, 0.717) is 36.8 Å². The normalized spacial score (nSPS) is 17.1. The van der Waals surface area contributed by atoms with Gasteiger partial charge >= 0.3 is 0 Å². The van der Waals surface area contributed by atoms with E-state index in [1.165, 1.54) is 0 Å². The van der Waals surface area contributed by atoms with Crippen LogP contribution in [0.1, 0.15) is 27.6 Å². The van der Waals surface area contributed by atoms with Crippen molar-refractivity contribution in [2.45, 2.75) is 12.6 Å². The fourth-order valence-corrected chi connectivity index (χ4v) is 3.41. The van der Waals surface area contributed by atoms with Gasteiger partial charge in [0.25, 0.3) is 5.91 Å². The highest BCUT2D eigenvalue weighted by atomic mass is 35.5. The van der Waals surface area contributed by atoms with Gasteiger partial charge < -0.3 is 9.64 Å². The Labute approximate surface area is 163 Å². The smallest absolute Gasteiger partial charge is 0.254 e. The second-order valence-corrected chi connectivity index (χ2v) is 7.00. The van der Waals surface area contributed by atoms with Crippen molar-refractivity contribution in [2.24, 2.45) is 0 Å². The van der Waals surface area contributed by atoms with Gasteiger partial charge in [-0.1, -0.05) is 35.9 Å². The third-order valence-corrected chi connectivity index (χ3v) is 4.93. The van der Waals surface area contributed by atoms with Crippen LogP contribution in [0.25, 0.3) is 0 Å². The summed E-state index contributed by atoms with van der Waals surface area (Å²) in [4.78, 5) is 14.9. The van der Waals surface area contributed by atoms with Gasteiger partial charge in [-0.05, 0) is 41.5 Å². The predicted molar refractivity (Wildman–Crippen MR) is 104 cm³/mol. The van der Waals surface area contributed by atoms with Gasteiger partial charge in [0.15, 0.2) is 0 Å². The van der Waals surface area contributed by atoms with Gasteiger partial charge in [-0.3, -0.25) is 9.48 Å². The Kier molecular flexibility index (Phi) is 5.23. The summed E-state index contributed by atoms with van der Waals surface area (Å²) in [5.74, 6) is 0.0274. The second kappa shape index (κ2) is 7.94. The van der Waals surface area contributed by atoms with Crippen LogP contribution in [0.5, 0.6) is 0 Å². The van der Waals surface area contributed by atoms with Crippen LogP contribution >= 0.6 is 11.6 Å². The summed E-state index contributed by atoms with van der Waals surface area (Å²) < 4.78 is 7.71. The monoisotopic (exact) mass is 381 g/mol. The molecule has 4 rings (SSSR count). The third-order valence-electron chi connectivity index (χ3n) is 4.67. The number of halogens is 1. The molecule has 2 heterocycles. The van der Waals surface area contributed by atoms with Crippen molar-refractivity contribution in [2.75, 3.05) is 19.7 Å². The number of aromatic nitrogens is 2. The number of ether oxygens (including phenoxy) is 1. The SMILES string of the molecule is O=C(c1cccc(Cn2cccn2)c1)N1CCOC(c2ccc(Cl)cc2)C1. The zero-order chi connectivity index (χ0) is 18.6. The zero-order valence-electron chi connectivity index (χ0n) is 14.8. The van der Waals surface area contributed by atoms with Gasteiger partial charge in [0.2, 0.25) is 0 Å². The van der Waals surface area contributed by atoms with E-state index in [1.54, 1.807) is 6.20 Å². The van der Waals surface area contributed by atoms with Gasteiger partial charge in [-0.2, -0.15) is 5.10 Å². The van der Waals surface area contributed by atoms with Gasteiger partial charge in [0, 0.05) is 29.5 Å². The highest BCUT2D eigenvalue weighted by Gasteiger charge is 2.26. The van der Waals surface area contributed by atoms with E-state index in [0.717, 1.165) is 11.1 Å². The average Bonchev–Trinajstić information content (AvgIpc) is 3.21. The number of carbonyl (C=O) groups excluding carboxylic acids is 1. The summed E-state index contributed by atoms with van der Waals surface area (Å²) >= 11 is 5.96. The molecule has 1 unspecified atom stereocenters. The quantitative estimate of drug-likeness (QED) is 0.690. The molecule has 1 aromatic heterocycles. The standard InChI is InChI=1S/C21H20ClN3O2/c22-19-7-5-17(6-8-19)20-15-24(11-12-27-20)21(26)18-4-1-3-16(13-18)14-25-10-2-9-23-25/h1-10,13,20H,11-12,14-15H2. The Bertz CT molecular complexity index is 909. The Morgan fingerprint density at radius 1 is 1.19 bits per heavy atom. The Balaban J connectivity index is 1.48. The fraction of sp³-hybridized carbons (Fsp3) is 0.238. The van der Waals surface area contributed by atoms with Crippen LogP contribution in [0.15, 0.2) is 67.0 Å². The van der Waals surface area contributed by atoms with E-state index >= 15 is 0 Å². The van der Waals surface area contributed by atoms with Gasteiger partial charge in [0.1, 0.15) is 6.10 Å². The van der Waals surface area contributed by atoms with E-state index in [4.69, 9.17) is 16.3 Å². The number of benzene rings is 2. The zero-order valence-corrected chi connectivity index (χ0v) is 15.5. The van der Waals surface area contributed by atoms with Crippen LogP contribution in [0.2, 0.25) is 5.02 Å². The maximum Gasteiger partial charge on any atom is 0.254 e. The summed E-state index contributed by atoms with van der Waals surface area (Å²) in [6, 6.07) is 17.2. The molecular weight excluding hydrogens is 362 g/mol. The minimum Gasteiger partial charge on any atom is -0.370 e. The van der Waals surface area contributed by atoms with Crippen molar-refractivity contribution < 1.29 is 9.53 Å². The predicted octanol–water partition coefficient (Wildman–Crippen LogP) is 3.80. The van der Waals surface area contributed by atoms with Gasteiger partial charge in [0.05, 0.1) is 19.7 Å². The molecule has 1 fully saturated rings. The molecule has 5 nitrogen and oxygen atoms in total. The lowest BCUT2D eigenvalue weighted by atomic mass is 10.1. The van der Waals surface area contributed by atoms with Crippen molar-refractivity contribution in [1.82, 2.24) is 14.7 Å². The number of hydrogen-bond acceptors (Lipinski definition) is 3. The number of morpholine rings is 1. The van der Waals surface area contributed by atoms with Crippen LogP contribution in [-0.2, 0) is 11.3 Å². The largest absolute Gasteiger partial charge is 0.370 e. The van der Waals surface area contributed by atoms with E-state index in [-0.39, 0.29) is 12.0 Å². The van der Waals surface area contributed by atoms with Gasteiger partial charge in [-0.15, -0.1) is 0 Å². The van der Waals surface area contributed by atoms with Crippen LogP contribution in [0.3, 0.4) is 0 Å². The maximum absolute atomic E-state index is 13.0. The minimum atomic E-state index is -0.132. The van der Waals surface area contributed by atoms with Crippen molar-refractivity contribution in [3.63, 3.8) is 0 Å². The molecule has 6 heteroatoms. The third kappa shape index (κ3) is 4.21. The molecule has 138 valence electrons. The van der Waals surface area contributed by atoms with E-state index < -0.39 is 0 Å². The first kappa shape index (κ1) is 17.8. The average molecular weight is 382 g/mol. The van der Waals surface area contributed by atoms with Crippen LogP contribution in [0.4, 0.5) is 0 Å².